The number of nitrogens with one attached hydrogen (secondary N) is 1. The molecule has 1 fully saturated rings. The minimum atomic E-state index is -3.69. The first-order valence-electron chi connectivity index (χ1n) is 9.88. The summed E-state index contributed by atoms with van der Waals surface area (Å²) in [7, 11) is -2.18. The van der Waals surface area contributed by atoms with Gasteiger partial charge in [0.25, 0.3) is 0 Å². The molecule has 0 unspecified atom stereocenters. The van der Waals surface area contributed by atoms with E-state index in [1.807, 2.05) is 12.1 Å². The Balaban J connectivity index is 1.71. The second-order valence-corrected chi connectivity index (χ2v) is 9.29. The van der Waals surface area contributed by atoms with Gasteiger partial charge in [-0.05, 0) is 48.1 Å². The lowest BCUT2D eigenvalue weighted by Crippen LogP contribution is -2.27. The maximum Gasteiger partial charge on any atom is 0.240 e. The topological polar surface area (TPSA) is 75.7 Å². The number of sulfonamides is 1. The molecule has 0 saturated carbocycles. The van der Waals surface area contributed by atoms with E-state index < -0.39 is 10.0 Å². The summed E-state index contributed by atoms with van der Waals surface area (Å²) < 4.78 is 33.5. The first-order valence-corrected chi connectivity index (χ1v) is 11.4. The van der Waals surface area contributed by atoms with Crippen LogP contribution in [-0.2, 0) is 21.2 Å². The molecule has 7 heteroatoms. The van der Waals surface area contributed by atoms with E-state index in [-0.39, 0.29) is 10.8 Å². The molecule has 0 aromatic heterocycles. The van der Waals surface area contributed by atoms with Gasteiger partial charge in [-0.15, -0.1) is 0 Å². The molecular formula is C22H28N2O4S. The Bertz CT molecular complexity index is 969. The number of nitrogens with zero attached hydrogens (tertiary/aromatic N) is 1. The molecule has 6 nitrogen and oxygen atoms in total. The second-order valence-electron chi connectivity index (χ2n) is 7.53. The number of methoxy groups -OCH3 is 1. The summed E-state index contributed by atoms with van der Waals surface area (Å²) in [5, 5.41) is 0. The first-order chi connectivity index (χ1) is 13.8. The fourth-order valence-corrected chi connectivity index (χ4v) is 4.48. The van der Waals surface area contributed by atoms with E-state index in [1.165, 1.54) is 24.8 Å². The van der Waals surface area contributed by atoms with Crippen molar-refractivity contribution in [3.8, 4) is 5.75 Å². The van der Waals surface area contributed by atoms with Crippen molar-refractivity contribution in [3.63, 3.8) is 0 Å². The highest BCUT2D eigenvalue weighted by Crippen LogP contribution is 2.33. The zero-order chi connectivity index (χ0) is 21.0. The van der Waals surface area contributed by atoms with E-state index in [2.05, 4.69) is 30.7 Å². The van der Waals surface area contributed by atoms with Gasteiger partial charge in [0.2, 0.25) is 15.9 Å². The largest absolute Gasteiger partial charge is 0.495 e. The molecule has 2 aromatic carbocycles. The van der Waals surface area contributed by atoms with Gasteiger partial charge in [-0.2, -0.15) is 0 Å². The van der Waals surface area contributed by atoms with Crippen molar-refractivity contribution < 1.29 is 17.9 Å². The molecule has 0 aliphatic carbocycles. The molecule has 1 amide bonds. The number of hydrogen-bond donors (Lipinski definition) is 1. The Kier molecular flexibility index (Phi) is 6.59. The number of carbonyl (C=O) groups excluding carboxylic acids is 1. The number of amides is 1. The molecular weight excluding hydrogens is 388 g/mol. The Morgan fingerprint density at radius 3 is 2.45 bits per heavy atom. The SMILES string of the molecule is COc1ccc(S(=O)(=O)NCCc2ccc(C(C)C)cc2)cc1N1CCCC1=O. The molecule has 1 aliphatic rings. The predicted molar refractivity (Wildman–Crippen MR) is 114 cm³/mol. The Morgan fingerprint density at radius 1 is 1.14 bits per heavy atom. The van der Waals surface area contributed by atoms with Crippen LogP contribution in [0.25, 0.3) is 0 Å². The number of benzene rings is 2. The Labute approximate surface area is 172 Å². The second kappa shape index (κ2) is 8.97. The van der Waals surface area contributed by atoms with Crippen LogP contribution in [0.4, 0.5) is 5.69 Å². The predicted octanol–water partition coefficient (Wildman–Crippen LogP) is 3.47. The summed E-state index contributed by atoms with van der Waals surface area (Å²) in [5.74, 6) is 0.939. The quantitative estimate of drug-likeness (QED) is 0.715. The Hall–Kier alpha value is -2.38. The highest BCUT2D eigenvalue weighted by Gasteiger charge is 2.26. The van der Waals surface area contributed by atoms with Crippen molar-refractivity contribution in [1.29, 1.82) is 0 Å². The molecule has 1 N–H and O–H groups in total. The molecule has 0 atom stereocenters. The highest BCUT2D eigenvalue weighted by molar-refractivity contribution is 7.89. The van der Waals surface area contributed by atoms with E-state index in [0.29, 0.717) is 43.3 Å². The lowest BCUT2D eigenvalue weighted by atomic mass is 10.0. The molecule has 1 heterocycles. The summed E-state index contributed by atoms with van der Waals surface area (Å²) >= 11 is 0. The lowest BCUT2D eigenvalue weighted by molar-refractivity contribution is -0.117. The summed E-state index contributed by atoms with van der Waals surface area (Å²) in [4.78, 5) is 13.8. The maximum absolute atomic E-state index is 12.8. The van der Waals surface area contributed by atoms with Crippen LogP contribution in [0.15, 0.2) is 47.4 Å². The summed E-state index contributed by atoms with van der Waals surface area (Å²) in [6.07, 6.45) is 1.83. The molecule has 2 aromatic rings. The van der Waals surface area contributed by atoms with Crippen LogP contribution in [0.2, 0.25) is 0 Å². The Morgan fingerprint density at radius 2 is 1.86 bits per heavy atom. The van der Waals surface area contributed by atoms with Gasteiger partial charge >= 0.3 is 0 Å². The van der Waals surface area contributed by atoms with Gasteiger partial charge in [0.1, 0.15) is 5.75 Å². The van der Waals surface area contributed by atoms with E-state index in [9.17, 15) is 13.2 Å². The van der Waals surface area contributed by atoms with Gasteiger partial charge in [0.15, 0.2) is 0 Å². The van der Waals surface area contributed by atoms with Crippen molar-refractivity contribution >= 4 is 21.6 Å². The van der Waals surface area contributed by atoms with Crippen molar-refractivity contribution in [2.75, 3.05) is 25.1 Å². The monoisotopic (exact) mass is 416 g/mol. The molecule has 1 aliphatic heterocycles. The first kappa shape index (κ1) is 21.3. The average molecular weight is 417 g/mol. The van der Waals surface area contributed by atoms with Crippen LogP contribution < -0.4 is 14.4 Å². The molecule has 1 saturated heterocycles. The van der Waals surface area contributed by atoms with Gasteiger partial charge in [-0.25, -0.2) is 13.1 Å². The fourth-order valence-electron chi connectivity index (χ4n) is 3.43. The minimum absolute atomic E-state index is 0.0179. The standard InChI is InChI=1S/C22H28N2O4S/c1-16(2)18-8-6-17(7-9-18)12-13-23-29(26,27)19-10-11-21(28-3)20(15-19)24-14-4-5-22(24)25/h6-11,15-16,23H,4-5,12-14H2,1-3H3. The molecule has 156 valence electrons. The number of ether oxygens (including phenoxy) is 1. The third-order valence-corrected chi connectivity index (χ3v) is 6.64. The lowest BCUT2D eigenvalue weighted by Gasteiger charge is -2.20. The zero-order valence-corrected chi connectivity index (χ0v) is 18.0. The number of hydrogen-bond acceptors (Lipinski definition) is 4. The van der Waals surface area contributed by atoms with Crippen LogP contribution in [-0.4, -0.2) is 34.5 Å². The van der Waals surface area contributed by atoms with E-state index in [0.717, 1.165) is 12.0 Å². The van der Waals surface area contributed by atoms with Gasteiger partial charge in [-0.3, -0.25) is 4.79 Å². The molecule has 0 spiro atoms. The van der Waals surface area contributed by atoms with Gasteiger partial charge < -0.3 is 9.64 Å². The number of rotatable bonds is 8. The summed E-state index contributed by atoms with van der Waals surface area (Å²) in [6.45, 7) is 5.15. The van der Waals surface area contributed by atoms with Crippen molar-refractivity contribution in [2.45, 2.75) is 43.9 Å². The molecule has 29 heavy (non-hydrogen) atoms. The third-order valence-electron chi connectivity index (χ3n) is 5.18. The normalized spacial score (nSPS) is 14.6. The maximum atomic E-state index is 12.8. The minimum Gasteiger partial charge on any atom is -0.495 e. The third kappa shape index (κ3) is 4.97. The average Bonchev–Trinajstić information content (AvgIpc) is 3.13. The number of carbonyl (C=O) groups is 1. The van der Waals surface area contributed by atoms with Crippen LogP contribution in [0.3, 0.4) is 0 Å². The highest BCUT2D eigenvalue weighted by atomic mass is 32.2. The van der Waals surface area contributed by atoms with Gasteiger partial charge in [0.05, 0.1) is 17.7 Å². The van der Waals surface area contributed by atoms with Gasteiger partial charge in [0, 0.05) is 19.5 Å². The molecule has 0 radical (unpaired) electrons. The zero-order valence-electron chi connectivity index (χ0n) is 17.1. The van der Waals surface area contributed by atoms with Crippen LogP contribution in [0, 0.1) is 0 Å². The fraction of sp³-hybridized carbons (Fsp3) is 0.409. The molecule has 3 rings (SSSR count). The van der Waals surface area contributed by atoms with Crippen molar-refractivity contribution in [2.24, 2.45) is 0 Å². The van der Waals surface area contributed by atoms with E-state index in [4.69, 9.17) is 4.74 Å². The molecule has 0 bridgehead atoms. The smallest absolute Gasteiger partial charge is 0.240 e. The number of anilines is 1. The van der Waals surface area contributed by atoms with Crippen molar-refractivity contribution in [1.82, 2.24) is 4.72 Å². The van der Waals surface area contributed by atoms with Crippen molar-refractivity contribution in [3.05, 3.63) is 53.6 Å². The van der Waals surface area contributed by atoms with E-state index in [1.54, 1.807) is 11.0 Å². The van der Waals surface area contributed by atoms with E-state index >= 15 is 0 Å². The van der Waals surface area contributed by atoms with Crippen LogP contribution in [0.1, 0.15) is 43.7 Å². The summed E-state index contributed by atoms with van der Waals surface area (Å²) in [6, 6.07) is 12.8. The van der Waals surface area contributed by atoms with Crippen LogP contribution >= 0.6 is 0 Å². The van der Waals surface area contributed by atoms with Gasteiger partial charge in [-0.1, -0.05) is 38.1 Å². The summed E-state index contributed by atoms with van der Waals surface area (Å²) in [5.41, 5.74) is 2.84. The van der Waals surface area contributed by atoms with Crippen LogP contribution in [0.5, 0.6) is 5.75 Å².